The number of rotatable bonds is 3. The Morgan fingerprint density at radius 1 is 0.962 bits per heavy atom. The van der Waals surface area contributed by atoms with E-state index in [4.69, 9.17) is 0 Å². The van der Waals surface area contributed by atoms with Crippen LogP contribution >= 0.6 is 0 Å². The lowest BCUT2D eigenvalue weighted by atomic mass is 9.99. The lowest BCUT2D eigenvalue weighted by molar-refractivity contribution is -0.118. The molecule has 1 atom stereocenters. The van der Waals surface area contributed by atoms with Gasteiger partial charge in [-0.25, -0.2) is 9.07 Å². The number of nitrogens with zero attached hydrogens (tertiary/aromatic N) is 4. The minimum atomic E-state index is -0.526. The van der Waals surface area contributed by atoms with E-state index in [2.05, 4.69) is 10.2 Å². The molecule has 0 saturated carbocycles. The van der Waals surface area contributed by atoms with Crippen LogP contribution in [0, 0.1) is 12.7 Å². The number of carbonyl (C=O) groups is 1. The minimum absolute atomic E-state index is 0.128. The second-order valence-corrected chi connectivity index (χ2v) is 6.26. The van der Waals surface area contributed by atoms with Crippen LogP contribution in [0.25, 0.3) is 5.69 Å². The maximum Gasteiger partial charge on any atom is 0.262 e. The second kappa shape index (κ2) is 6.22. The molecule has 0 saturated heterocycles. The van der Waals surface area contributed by atoms with Crippen molar-refractivity contribution in [3.8, 4) is 5.69 Å². The van der Waals surface area contributed by atoms with Gasteiger partial charge in [-0.1, -0.05) is 18.2 Å². The van der Waals surface area contributed by atoms with Gasteiger partial charge >= 0.3 is 0 Å². The number of halogens is 1. The van der Waals surface area contributed by atoms with Gasteiger partial charge in [0.2, 0.25) is 0 Å². The van der Waals surface area contributed by atoms with Crippen LogP contribution in [0.1, 0.15) is 24.2 Å². The SMILES string of the molecule is CC1=NN(c2ccccc2)C(=O)C1c1cc(C)nn1-c1ccc(F)cc1. The molecule has 1 aromatic heterocycles. The van der Waals surface area contributed by atoms with Gasteiger partial charge < -0.3 is 0 Å². The highest BCUT2D eigenvalue weighted by molar-refractivity contribution is 6.18. The normalized spacial score (nSPS) is 16.9. The van der Waals surface area contributed by atoms with Crippen LogP contribution in [0.3, 0.4) is 0 Å². The van der Waals surface area contributed by atoms with Gasteiger partial charge in [0.25, 0.3) is 5.91 Å². The van der Waals surface area contributed by atoms with Crippen LogP contribution in [0.4, 0.5) is 10.1 Å². The average Bonchev–Trinajstić information content (AvgIpc) is 3.15. The number of para-hydroxylation sites is 1. The zero-order valence-electron chi connectivity index (χ0n) is 14.4. The standard InChI is InChI=1S/C20H17FN4O/c1-13-12-18(24(22-13)17-10-8-15(21)9-11-17)19-14(2)23-25(20(19)26)16-6-4-3-5-7-16/h3-12,19H,1-2H3. The van der Waals surface area contributed by atoms with Gasteiger partial charge in [-0.15, -0.1) is 0 Å². The number of hydrogen-bond acceptors (Lipinski definition) is 3. The smallest absolute Gasteiger partial charge is 0.262 e. The van der Waals surface area contributed by atoms with E-state index in [0.717, 1.165) is 17.1 Å². The number of benzene rings is 2. The molecule has 6 heteroatoms. The molecule has 130 valence electrons. The molecule has 3 aromatic rings. The summed E-state index contributed by atoms with van der Waals surface area (Å²) < 4.78 is 14.9. The molecule has 2 heterocycles. The van der Waals surface area contributed by atoms with Crippen molar-refractivity contribution in [1.29, 1.82) is 0 Å². The number of aromatic nitrogens is 2. The fraction of sp³-hybridized carbons (Fsp3) is 0.150. The third kappa shape index (κ3) is 2.69. The average molecular weight is 348 g/mol. The fourth-order valence-electron chi connectivity index (χ4n) is 3.17. The summed E-state index contributed by atoms with van der Waals surface area (Å²) in [5, 5.41) is 10.4. The lowest BCUT2D eigenvalue weighted by Gasteiger charge is -2.15. The number of hydrazone groups is 1. The Bertz CT molecular complexity index is 992. The van der Waals surface area contributed by atoms with Gasteiger partial charge in [-0.2, -0.15) is 15.2 Å². The fourth-order valence-corrected chi connectivity index (χ4v) is 3.17. The van der Waals surface area contributed by atoms with Crippen molar-refractivity contribution in [2.75, 3.05) is 5.01 Å². The minimum Gasteiger partial charge on any atom is -0.271 e. The Balaban J connectivity index is 1.76. The van der Waals surface area contributed by atoms with E-state index in [0.29, 0.717) is 11.4 Å². The van der Waals surface area contributed by atoms with Gasteiger partial charge in [0, 0.05) is 0 Å². The van der Waals surface area contributed by atoms with Crippen molar-refractivity contribution in [3.63, 3.8) is 0 Å². The largest absolute Gasteiger partial charge is 0.271 e. The monoisotopic (exact) mass is 348 g/mol. The lowest BCUT2D eigenvalue weighted by Crippen LogP contribution is -2.27. The molecule has 2 aromatic carbocycles. The van der Waals surface area contributed by atoms with Crippen LogP contribution in [-0.4, -0.2) is 21.4 Å². The number of hydrogen-bond donors (Lipinski definition) is 0. The predicted octanol–water partition coefficient (Wildman–Crippen LogP) is 3.83. The molecule has 0 radical (unpaired) electrons. The van der Waals surface area contributed by atoms with Crippen LogP contribution in [0.15, 0.2) is 65.8 Å². The first-order valence-electron chi connectivity index (χ1n) is 8.31. The van der Waals surface area contributed by atoms with Crippen molar-refractivity contribution in [1.82, 2.24) is 9.78 Å². The van der Waals surface area contributed by atoms with Crippen molar-refractivity contribution in [2.45, 2.75) is 19.8 Å². The summed E-state index contributed by atoms with van der Waals surface area (Å²) >= 11 is 0. The van der Waals surface area contributed by atoms with Gasteiger partial charge in [-0.05, 0) is 56.3 Å². The molecule has 1 aliphatic rings. The zero-order valence-corrected chi connectivity index (χ0v) is 14.4. The Labute approximate surface area is 150 Å². The molecule has 0 N–H and O–H groups in total. The molecule has 0 aliphatic carbocycles. The summed E-state index contributed by atoms with van der Waals surface area (Å²) in [6, 6.07) is 17.2. The summed E-state index contributed by atoms with van der Waals surface area (Å²) in [6.07, 6.45) is 0. The van der Waals surface area contributed by atoms with Crippen molar-refractivity contribution < 1.29 is 9.18 Å². The first-order valence-corrected chi connectivity index (χ1v) is 8.31. The number of amides is 1. The first-order chi connectivity index (χ1) is 12.5. The van der Waals surface area contributed by atoms with E-state index in [9.17, 15) is 9.18 Å². The quantitative estimate of drug-likeness (QED) is 0.722. The second-order valence-electron chi connectivity index (χ2n) is 6.26. The van der Waals surface area contributed by atoms with E-state index in [1.165, 1.54) is 17.1 Å². The summed E-state index contributed by atoms with van der Waals surface area (Å²) in [4.78, 5) is 13.1. The molecule has 4 rings (SSSR count). The molecule has 0 spiro atoms. The Hall–Kier alpha value is -3.28. The third-order valence-electron chi connectivity index (χ3n) is 4.36. The van der Waals surface area contributed by atoms with Crippen LogP contribution in [0.2, 0.25) is 0 Å². The zero-order chi connectivity index (χ0) is 18.3. The molecule has 1 unspecified atom stereocenters. The predicted molar refractivity (Wildman–Crippen MR) is 98.0 cm³/mol. The Kier molecular flexibility index (Phi) is 3.88. The molecule has 1 aliphatic heterocycles. The summed E-state index contributed by atoms with van der Waals surface area (Å²) in [7, 11) is 0. The van der Waals surface area contributed by atoms with Crippen LogP contribution in [0.5, 0.6) is 0 Å². The highest BCUT2D eigenvalue weighted by Gasteiger charge is 2.38. The van der Waals surface area contributed by atoms with Crippen molar-refractivity contribution in [2.24, 2.45) is 5.10 Å². The third-order valence-corrected chi connectivity index (χ3v) is 4.36. The van der Waals surface area contributed by atoms with E-state index < -0.39 is 5.92 Å². The van der Waals surface area contributed by atoms with Crippen molar-refractivity contribution >= 4 is 17.3 Å². The van der Waals surface area contributed by atoms with Gasteiger partial charge in [0.15, 0.2) is 0 Å². The highest BCUT2D eigenvalue weighted by atomic mass is 19.1. The van der Waals surface area contributed by atoms with Crippen LogP contribution in [-0.2, 0) is 4.79 Å². The number of anilines is 1. The highest BCUT2D eigenvalue weighted by Crippen LogP contribution is 2.31. The van der Waals surface area contributed by atoms with Crippen LogP contribution < -0.4 is 5.01 Å². The molecular weight excluding hydrogens is 331 g/mol. The molecule has 5 nitrogen and oxygen atoms in total. The van der Waals surface area contributed by atoms with Gasteiger partial charge in [0.1, 0.15) is 11.7 Å². The van der Waals surface area contributed by atoms with Gasteiger partial charge in [-0.3, -0.25) is 4.79 Å². The first kappa shape index (κ1) is 16.2. The van der Waals surface area contributed by atoms with E-state index in [1.54, 1.807) is 16.8 Å². The summed E-state index contributed by atoms with van der Waals surface area (Å²) in [5.74, 6) is -0.970. The maximum atomic E-state index is 13.3. The van der Waals surface area contributed by atoms with E-state index in [-0.39, 0.29) is 11.7 Å². The number of aryl methyl sites for hydroxylation is 1. The number of carbonyl (C=O) groups excluding carboxylic acids is 1. The van der Waals surface area contributed by atoms with E-state index >= 15 is 0 Å². The topological polar surface area (TPSA) is 50.5 Å². The summed E-state index contributed by atoms with van der Waals surface area (Å²) in [6.45, 7) is 3.70. The van der Waals surface area contributed by atoms with E-state index in [1.807, 2.05) is 50.2 Å². The van der Waals surface area contributed by atoms with Crippen molar-refractivity contribution in [3.05, 3.63) is 77.9 Å². The molecular formula is C20H17FN4O. The maximum absolute atomic E-state index is 13.3. The van der Waals surface area contributed by atoms with Gasteiger partial charge in [0.05, 0.1) is 28.5 Å². The molecule has 0 bridgehead atoms. The molecule has 0 fully saturated rings. The molecule has 1 amide bonds. The summed E-state index contributed by atoms with van der Waals surface area (Å²) in [5.41, 5.74) is 3.63. The Morgan fingerprint density at radius 2 is 1.65 bits per heavy atom. The molecule has 26 heavy (non-hydrogen) atoms. The Morgan fingerprint density at radius 3 is 2.35 bits per heavy atom.